The summed E-state index contributed by atoms with van der Waals surface area (Å²) in [4.78, 5) is 44.2. The van der Waals surface area contributed by atoms with E-state index in [1.165, 1.54) is 28.2 Å². The Morgan fingerprint density at radius 1 is 1.25 bits per heavy atom. The van der Waals surface area contributed by atoms with Gasteiger partial charge in [0.2, 0.25) is 0 Å². The van der Waals surface area contributed by atoms with Crippen LogP contribution in [0.15, 0.2) is 48.4 Å². The minimum atomic E-state index is -5.08. The molecule has 3 heterocycles. The quantitative estimate of drug-likeness (QED) is 0.217. The normalized spacial score (nSPS) is 11.8. The number of thiazole rings is 1. The van der Waals surface area contributed by atoms with E-state index in [0.29, 0.717) is 41.5 Å². The standard InChI is InChI=1S/C21H21N7O4S.C2HF3O2/c1-32-6-5-14(24-19(29)18-11-33-20(25-18)17-9-22-12-23-17)8-15-10-28(27-26-15)16-4-2-3-13(7-16)21(30)31;3-2(4,5)1(6)7/h2-4,7,9-12,14H,5-6,8H2,1H3,(H,22,23)(H,24,29)(H,30,31);(H,6,7). The fourth-order valence-corrected chi connectivity index (χ4v) is 3.94. The number of carbonyl (C=O) groups excluding carboxylic acids is 1. The second kappa shape index (κ2) is 13.4. The Hall–Kier alpha value is -4.64. The number of nitrogens with zero attached hydrogens (tertiary/aromatic N) is 5. The molecule has 0 aliphatic heterocycles. The topological polar surface area (TPSA) is 185 Å². The number of aliphatic carboxylic acids is 1. The Labute approximate surface area is 227 Å². The van der Waals surface area contributed by atoms with Crippen LogP contribution in [0.25, 0.3) is 16.4 Å². The highest BCUT2D eigenvalue weighted by Crippen LogP contribution is 2.21. The first kappa shape index (κ1) is 29.9. The minimum Gasteiger partial charge on any atom is -0.478 e. The van der Waals surface area contributed by atoms with Crippen molar-refractivity contribution in [3.05, 3.63) is 65.3 Å². The summed E-state index contributed by atoms with van der Waals surface area (Å²) < 4.78 is 38.4. The lowest BCUT2D eigenvalue weighted by Crippen LogP contribution is -2.37. The van der Waals surface area contributed by atoms with Crippen LogP contribution in [0.4, 0.5) is 13.2 Å². The van der Waals surface area contributed by atoms with Gasteiger partial charge in [-0.25, -0.2) is 24.2 Å². The molecule has 1 aromatic carbocycles. The number of hydrogen-bond donors (Lipinski definition) is 4. The predicted octanol–water partition coefficient (Wildman–Crippen LogP) is 2.82. The van der Waals surface area contributed by atoms with Gasteiger partial charge in [0, 0.05) is 31.6 Å². The summed E-state index contributed by atoms with van der Waals surface area (Å²) in [6.45, 7) is 0.455. The van der Waals surface area contributed by atoms with Gasteiger partial charge in [0.05, 0.1) is 41.4 Å². The maximum Gasteiger partial charge on any atom is 0.490 e. The Morgan fingerprint density at radius 3 is 2.62 bits per heavy atom. The van der Waals surface area contributed by atoms with Crippen molar-refractivity contribution >= 4 is 29.2 Å². The lowest BCUT2D eigenvalue weighted by atomic mass is 10.1. The average Bonchev–Trinajstić information content (AvgIpc) is 3.69. The molecule has 40 heavy (non-hydrogen) atoms. The van der Waals surface area contributed by atoms with Crippen molar-refractivity contribution in [1.82, 2.24) is 35.3 Å². The largest absolute Gasteiger partial charge is 0.490 e. The van der Waals surface area contributed by atoms with Crippen LogP contribution < -0.4 is 5.32 Å². The van der Waals surface area contributed by atoms with E-state index in [-0.39, 0.29) is 17.5 Å². The van der Waals surface area contributed by atoms with Gasteiger partial charge in [0.25, 0.3) is 5.91 Å². The van der Waals surface area contributed by atoms with E-state index in [9.17, 15) is 27.9 Å². The van der Waals surface area contributed by atoms with Crippen molar-refractivity contribution in [2.75, 3.05) is 13.7 Å². The fourth-order valence-electron chi connectivity index (χ4n) is 3.17. The summed E-state index contributed by atoms with van der Waals surface area (Å²) in [6.07, 6.45) is 0.832. The molecule has 3 aromatic heterocycles. The molecule has 1 amide bonds. The Kier molecular flexibility index (Phi) is 10.0. The van der Waals surface area contributed by atoms with Crippen LogP contribution in [-0.4, -0.2) is 83.9 Å². The summed E-state index contributed by atoms with van der Waals surface area (Å²) in [7, 11) is 1.60. The van der Waals surface area contributed by atoms with E-state index in [0.717, 1.165) is 5.69 Å². The number of benzene rings is 1. The molecule has 1 atom stereocenters. The number of H-pyrrole nitrogens is 1. The number of nitrogens with one attached hydrogen (secondary N) is 2. The number of halogens is 3. The zero-order chi connectivity index (χ0) is 29.3. The SMILES string of the molecule is COCCC(Cc1cn(-c2cccc(C(=O)O)c2)nn1)NC(=O)c1csc(-c2cnc[nH]2)n1.O=C(O)C(F)(F)F. The van der Waals surface area contributed by atoms with Gasteiger partial charge < -0.3 is 25.3 Å². The van der Waals surface area contributed by atoms with Crippen molar-refractivity contribution in [3.8, 4) is 16.4 Å². The predicted molar refractivity (Wildman–Crippen MR) is 133 cm³/mol. The van der Waals surface area contributed by atoms with Crippen LogP contribution in [0.1, 0.15) is 33.0 Å². The average molecular weight is 582 g/mol. The molecule has 0 saturated heterocycles. The summed E-state index contributed by atoms with van der Waals surface area (Å²) in [5.74, 6) is -4.07. The lowest BCUT2D eigenvalue weighted by molar-refractivity contribution is -0.192. The molecule has 13 nitrogen and oxygen atoms in total. The molecule has 1 unspecified atom stereocenters. The Morgan fingerprint density at radius 2 is 2.00 bits per heavy atom. The van der Waals surface area contributed by atoms with Crippen LogP contribution in [0.5, 0.6) is 0 Å². The van der Waals surface area contributed by atoms with Crippen molar-refractivity contribution in [2.24, 2.45) is 0 Å². The molecule has 17 heteroatoms. The van der Waals surface area contributed by atoms with E-state index in [2.05, 4.69) is 30.6 Å². The lowest BCUT2D eigenvalue weighted by Gasteiger charge is -2.16. The first-order chi connectivity index (χ1) is 19.0. The minimum absolute atomic E-state index is 0.160. The van der Waals surface area contributed by atoms with E-state index in [4.69, 9.17) is 14.6 Å². The fraction of sp³-hybridized carbons (Fsp3) is 0.261. The number of imidazole rings is 1. The van der Waals surface area contributed by atoms with Crippen LogP contribution in [-0.2, 0) is 16.0 Å². The number of amides is 1. The third-order valence-corrected chi connectivity index (χ3v) is 5.94. The second-order valence-corrected chi connectivity index (χ2v) is 8.83. The third-order valence-electron chi connectivity index (χ3n) is 5.07. The summed E-state index contributed by atoms with van der Waals surface area (Å²) in [6, 6.07) is 6.16. The molecule has 0 radical (unpaired) electrons. The van der Waals surface area contributed by atoms with Gasteiger partial charge in [-0.3, -0.25) is 4.79 Å². The van der Waals surface area contributed by atoms with Gasteiger partial charge >= 0.3 is 18.1 Å². The zero-order valence-corrected chi connectivity index (χ0v) is 21.4. The number of carboxylic acids is 2. The highest BCUT2D eigenvalue weighted by molar-refractivity contribution is 7.13. The van der Waals surface area contributed by atoms with Crippen molar-refractivity contribution in [1.29, 1.82) is 0 Å². The van der Waals surface area contributed by atoms with Gasteiger partial charge in [-0.05, 0) is 24.6 Å². The van der Waals surface area contributed by atoms with Crippen molar-refractivity contribution in [3.63, 3.8) is 0 Å². The Bertz CT molecular complexity index is 1440. The van der Waals surface area contributed by atoms with Gasteiger partial charge in [-0.2, -0.15) is 13.2 Å². The summed E-state index contributed by atoms with van der Waals surface area (Å²) in [5, 5.41) is 30.0. The number of carboxylic acid groups (broad SMARTS) is 2. The molecule has 4 aromatic rings. The van der Waals surface area contributed by atoms with E-state index >= 15 is 0 Å². The number of hydrogen-bond acceptors (Lipinski definition) is 9. The number of rotatable bonds is 10. The Balaban J connectivity index is 0.000000559. The van der Waals surface area contributed by atoms with Gasteiger partial charge in [-0.1, -0.05) is 11.3 Å². The molecule has 4 N–H and O–H groups in total. The van der Waals surface area contributed by atoms with Gasteiger partial charge in [0.15, 0.2) is 0 Å². The van der Waals surface area contributed by atoms with Crippen LogP contribution in [0.2, 0.25) is 0 Å². The maximum absolute atomic E-state index is 12.8. The smallest absolute Gasteiger partial charge is 0.478 e. The monoisotopic (exact) mass is 581 g/mol. The first-order valence-corrected chi connectivity index (χ1v) is 12.1. The van der Waals surface area contributed by atoms with Crippen LogP contribution in [0.3, 0.4) is 0 Å². The molecular weight excluding hydrogens is 559 g/mol. The second-order valence-electron chi connectivity index (χ2n) is 7.97. The molecule has 4 rings (SSSR count). The van der Waals surface area contributed by atoms with Crippen LogP contribution >= 0.6 is 11.3 Å². The van der Waals surface area contributed by atoms with E-state index in [1.54, 1.807) is 43.3 Å². The molecule has 0 fully saturated rings. The first-order valence-electron chi connectivity index (χ1n) is 11.3. The molecule has 0 aliphatic rings. The number of aromatic carboxylic acids is 1. The number of aromatic amines is 1. The number of ether oxygens (including phenoxy) is 1. The number of carbonyl (C=O) groups is 3. The third kappa shape index (κ3) is 8.43. The van der Waals surface area contributed by atoms with Gasteiger partial charge in [0.1, 0.15) is 10.7 Å². The molecule has 0 aliphatic carbocycles. The highest BCUT2D eigenvalue weighted by atomic mass is 32.1. The maximum atomic E-state index is 12.8. The number of aromatic nitrogens is 6. The van der Waals surface area contributed by atoms with Crippen molar-refractivity contribution in [2.45, 2.75) is 25.1 Å². The van der Waals surface area contributed by atoms with Crippen LogP contribution in [0, 0.1) is 0 Å². The zero-order valence-electron chi connectivity index (χ0n) is 20.6. The molecule has 212 valence electrons. The number of alkyl halides is 3. The molecule has 0 saturated carbocycles. The van der Waals surface area contributed by atoms with E-state index < -0.39 is 18.1 Å². The summed E-state index contributed by atoms with van der Waals surface area (Å²) >= 11 is 1.35. The van der Waals surface area contributed by atoms with E-state index in [1.807, 2.05) is 0 Å². The number of methoxy groups -OCH3 is 1. The molecule has 0 spiro atoms. The molecule has 0 bridgehead atoms. The van der Waals surface area contributed by atoms with Gasteiger partial charge in [-0.15, -0.1) is 16.4 Å². The van der Waals surface area contributed by atoms with Crippen molar-refractivity contribution < 1.29 is 42.5 Å². The molecular formula is C23H22F3N7O6S. The summed E-state index contributed by atoms with van der Waals surface area (Å²) in [5.41, 5.74) is 2.46. The highest BCUT2D eigenvalue weighted by Gasteiger charge is 2.38.